The summed E-state index contributed by atoms with van der Waals surface area (Å²) in [6, 6.07) is 7.19. The minimum Gasteiger partial charge on any atom is -0.496 e. The molecule has 0 aromatic heterocycles. The van der Waals surface area contributed by atoms with Crippen molar-refractivity contribution in [1.29, 1.82) is 5.26 Å². The van der Waals surface area contributed by atoms with Crippen LogP contribution in [0, 0.1) is 16.7 Å². The highest BCUT2D eigenvalue weighted by atomic mass is 35.5. The van der Waals surface area contributed by atoms with Gasteiger partial charge >= 0.3 is 0 Å². The number of rotatable bonds is 4. The Morgan fingerprint density at radius 3 is 2.65 bits per heavy atom. The van der Waals surface area contributed by atoms with Crippen LogP contribution in [0.15, 0.2) is 18.2 Å². The van der Waals surface area contributed by atoms with Gasteiger partial charge in [-0.3, -0.25) is 4.79 Å². The Morgan fingerprint density at radius 1 is 1.45 bits per heavy atom. The first-order valence-corrected chi connectivity index (χ1v) is 7.17. The molecule has 1 aliphatic rings. The number of Topliss-reactive ketones (excluding diaryl/α,β-unsaturated/α-hetero) is 1. The average molecular weight is 292 g/mol. The van der Waals surface area contributed by atoms with Crippen LogP contribution in [0.3, 0.4) is 0 Å². The third-order valence-electron chi connectivity index (χ3n) is 4.20. The van der Waals surface area contributed by atoms with Gasteiger partial charge in [0, 0.05) is 16.0 Å². The largest absolute Gasteiger partial charge is 0.496 e. The Kier molecular flexibility index (Phi) is 4.35. The number of carbonyl (C=O) groups is 1. The molecule has 0 heterocycles. The molecule has 1 aromatic carbocycles. The second kappa shape index (κ2) is 5.85. The summed E-state index contributed by atoms with van der Waals surface area (Å²) in [4.78, 5) is 12.8. The van der Waals surface area contributed by atoms with Gasteiger partial charge in [-0.15, -0.1) is 0 Å². The number of carbonyl (C=O) groups excluding carboxylic acids is 1. The molecule has 0 saturated heterocycles. The molecule has 1 aliphatic carbocycles. The third kappa shape index (κ3) is 2.66. The lowest BCUT2D eigenvalue weighted by molar-refractivity contribution is -0.128. The van der Waals surface area contributed by atoms with E-state index in [2.05, 4.69) is 6.07 Å². The molecular weight excluding hydrogens is 274 g/mol. The van der Waals surface area contributed by atoms with Gasteiger partial charge in [0.25, 0.3) is 0 Å². The van der Waals surface area contributed by atoms with E-state index in [1.165, 1.54) is 7.11 Å². The van der Waals surface area contributed by atoms with E-state index in [9.17, 15) is 10.1 Å². The normalized spacial score (nSPS) is 18.3. The number of halogens is 1. The minimum absolute atomic E-state index is 0.0157. The Labute approximate surface area is 124 Å². The molecule has 0 aliphatic heterocycles. The molecule has 20 heavy (non-hydrogen) atoms. The monoisotopic (exact) mass is 291 g/mol. The highest BCUT2D eigenvalue weighted by Gasteiger charge is 2.41. The van der Waals surface area contributed by atoms with E-state index < -0.39 is 11.3 Å². The topological polar surface area (TPSA) is 50.1 Å². The van der Waals surface area contributed by atoms with Gasteiger partial charge in [-0.1, -0.05) is 31.4 Å². The van der Waals surface area contributed by atoms with E-state index in [0.29, 0.717) is 16.3 Å². The molecule has 1 fully saturated rings. The van der Waals surface area contributed by atoms with Crippen molar-refractivity contribution in [2.45, 2.75) is 38.5 Å². The summed E-state index contributed by atoms with van der Waals surface area (Å²) >= 11 is 6.00. The average Bonchev–Trinajstić information content (AvgIpc) is 2.88. The quantitative estimate of drug-likeness (QED) is 0.839. The van der Waals surface area contributed by atoms with Gasteiger partial charge in [0.15, 0.2) is 5.78 Å². The van der Waals surface area contributed by atoms with Crippen molar-refractivity contribution in [2.75, 3.05) is 7.11 Å². The maximum Gasteiger partial charge on any atom is 0.160 e. The summed E-state index contributed by atoms with van der Waals surface area (Å²) in [5.41, 5.74) is 0.175. The van der Waals surface area contributed by atoms with Gasteiger partial charge in [0.1, 0.15) is 11.7 Å². The third-order valence-corrected chi connectivity index (χ3v) is 4.43. The van der Waals surface area contributed by atoms with Crippen LogP contribution in [0.4, 0.5) is 0 Å². The lowest BCUT2D eigenvalue weighted by Gasteiger charge is -2.25. The highest BCUT2D eigenvalue weighted by Crippen LogP contribution is 2.43. The number of benzene rings is 1. The van der Waals surface area contributed by atoms with Gasteiger partial charge in [0.05, 0.1) is 13.2 Å². The van der Waals surface area contributed by atoms with Crippen molar-refractivity contribution in [2.24, 2.45) is 5.41 Å². The van der Waals surface area contributed by atoms with Crippen LogP contribution in [-0.2, 0) is 4.79 Å². The zero-order valence-corrected chi connectivity index (χ0v) is 12.5. The van der Waals surface area contributed by atoms with Crippen molar-refractivity contribution >= 4 is 17.4 Å². The van der Waals surface area contributed by atoms with Gasteiger partial charge in [-0.2, -0.15) is 5.26 Å². The van der Waals surface area contributed by atoms with Crippen molar-refractivity contribution in [1.82, 2.24) is 0 Å². The standard InChI is InChI=1S/C16H18ClNO2/c1-16(7-3-4-8-16)15(19)13(10-18)12-9-11(17)5-6-14(12)20-2/h5-6,9,13H,3-4,7-8H2,1-2H3. The highest BCUT2D eigenvalue weighted by molar-refractivity contribution is 6.30. The molecule has 0 bridgehead atoms. The molecule has 1 atom stereocenters. The van der Waals surface area contributed by atoms with E-state index in [4.69, 9.17) is 16.3 Å². The molecule has 0 amide bonds. The van der Waals surface area contributed by atoms with Gasteiger partial charge in [-0.25, -0.2) is 0 Å². The zero-order valence-electron chi connectivity index (χ0n) is 11.8. The summed E-state index contributed by atoms with van der Waals surface area (Å²) in [6.45, 7) is 1.96. The van der Waals surface area contributed by atoms with E-state index in [1.54, 1.807) is 18.2 Å². The van der Waals surface area contributed by atoms with Crippen molar-refractivity contribution in [3.8, 4) is 11.8 Å². The second-order valence-electron chi connectivity index (χ2n) is 5.58. The van der Waals surface area contributed by atoms with Crippen LogP contribution in [0.2, 0.25) is 5.02 Å². The molecule has 1 saturated carbocycles. The fourth-order valence-electron chi connectivity index (χ4n) is 2.95. The molecule has 1 unspecified atom stereocenters. The summed E-state index contributed by atoms with van der Waals surface area (Å²) in [6.07, 6.45) is 3.81. The minimum atomic E-state index is -0.813. The Bertz CT molecular complexity index is 556. The smallest absolute Gasteiger partial charge is 0.160 e. The zero-order chi connectivity index (χ0) is 14.8. The molecular formula is C16H18ClNO2. The number of hydrogen-bond donors (Lipinski definition) is 0. The SMILES string of the molecule is COc1ccc(Cl)cc1C(C#N)C(=O)C1(C)CCCC1. The van der Waals surface area contributed by atoms with Crippen molar-refractivity contribution in [3.05, 3.63) is 28.8 Å². The lowest BCUT2D eigenvalue weighted by atomic mass is 9.76. The molecule has 0 spiro atoms. The predicted octanol–water partition coefficient (Wildman–Crippen LogP) is 4.11. The summed E-state index contributed by atoms with van der Waals surface area (Å²) < 4.78 is 5.27. The second-order valence-corrected chi connectivity index (χ2v) is 6.02. The number of hydrogen-bond acceptors (Lipinski definition) is 3. The van der Waals surface area contributed by atoms with Gasteiger partial charge in [-0.05, 0) is 31.0 Å². The fourth-order valence-corrected chi connectivity index (χ4v) is 3.13. The summed E-state index contributed by atoms with van der Waals surface area (Å²) in [5.74, 6) is -0.291. The number of ether oxygens (including phenoxy) is 1. The van der Waals surface area contributed by atoms with E-state index >= 15 is 0 Å². The maximum absolute atomic E-state index is 12.8. The number of nitrogens with zero attached hydrogens (tertiary/aromatic N) is 1. The number of methoxy groups -OCH3 is 1. The predicted molar refractivity (Wildman–Crippen MR) is 77.9 cm³/mol. The lowest BCUT2D eigenvalue weighted by Crippen LogP contribution is -2.29. The number of nitriles is 1. The van der Waals surface area contributed by atoms with Crippen LogP contribution in [0.25, 0.3) is 0 Å². The van der Waals surface area contributed by atoms with E-state index in [-0.39, 0.29) is 5.78 Å². The molecule has 3 nitrogen and oxygen atoms in total. The van der Waals surface area contributed by atoms with Gasteiger partial charge < -0.3 is 4.74 Å². The van der Waals surface area contributed by atoms with E-state index in [1.807, 2.05) is 6.92 Å². The Balaban J connectivity index is 2.40. The number of ketones is 1. The van der Waals surface area contributed by atoms with Crippen LogP contribution in [-0.4, -0.2) is 12.9 Å². The van der Waals surface area contributed by atoms with Crippen LogP contribution < -0.4 is 4.74 Å². The molecule has 0 N–H and O–H groups in total. The first-order valence-electron chi connectivity index (χ1n) is 6.79. The van der Waals surface area contributed by atoms with Crippen molar-refractivity contribution in [3.63, 3.8) is 0 Å². The first-order chi connectivity index (χ1) is 9.51. The molecule has 2 rings (SSSR count). The molecule has 4 heteroatoms. The van der Waals surface area contributed by atoms with Crippen LogP contribution in [0.5, 0.6) is 5.75 Å². The fraction of sp³-hybridized carbons (Fsp3) is 0.500. The van der Waals surface area contributed by atoms with Crippen LogP contribution >= 0.6 is 11.6 Å². The van der Waals surface area contributed by atoms with E-state index in [0.717, 1.165) is 25.7 Å². The van der Waals surface area contributed by atoms with Gasteiger partial charge in [0.2, 0.25) is 0 Å². The molecule has 0 radical (unpaired) electrons. The Hall–Kier alpha value is -1.53. The first kappa shape index (κ1) is 14.9. The Morgan fingerprint density at radius 2 is 2.10 bits per heavy atom. The maximum atomic E-state index is 12.8. The van der Waals surface area contributed by atoms with Crippen molar-refractivity contribution < 1.29 is 9.53 Å². The summed E-state index contributed by atoms with van der Waals surface area (Å²) in [5, 5.41) is 9.97. The van der Waals surface area contributed by atoms with Crippen LogP contribution in [0.1, 0.15) is 44.1 Å². The molecule has 1 aromatic rings. The summed E-state index contributed by atoms with van der Waals surface area (Å²) in [7, 11) is 1.53. The molecule has 106 valence electrons.